The molecule has 28 heteroatoms. The number of hydrogen-bond acceptors (Lipinski definition) is 20. The second kappa shape index (κ2) is 24.8. The van der Waals surface area contributed by atoms with Crippen molar-refractivity contribution in [1.29, 1.82) is 0 Å². The molecule has 0 aliphatic carbocycles. The van der Waals surface area contributed by atoms with Crippen LogP contribution in [0.5, 0.6) is 23.0 Å². The van der Waals surface area contributed by atoms with Gasteiger partial charge in [-0.05, 0) is 137 Å². The Morgan fingerprint density at radius 2 is 0.790 bits per heavy atom. The Labute approximate surface area is 577 Å². The molecule has 6 fully saturated rings. The molecule has 100 heavy (non-hydrogen) atoms. The number of carbonyl (C=O) groups is 8. The maximum absolute atomic E-state index is 16.4. The topological polar surface area (TPSA) is 269 Å². The smallest absolute Gasteiger partial charge is 0.358 e. The van der Waals surface area contributed by atoms with Crippen LogP contribution in [0.4, 0.5) is 19.2 Å². The molecule has 0 bridgehead atoms. The zero-order chi connectivity index (χ0) is 69.9. The number of urea groups is 4. The third-order valence-electron chi connectivity index (χ3n) is 21.9. The van der Waals surface area contributed by atoms with E-state index < -0.39 is 110 Å². The van der Waals surface area contributed by atoms with Crippen molar-refractivity contribution in [3.05, 3.63) is 140 Å². The highest BCUT2D eigenvalue weighted by molar-refractivity contribution is 6.11. The maximum atomic E-state index is 16.4. The van der Waals surface area contributed by atoms with Gasteiger partial charge in [0.1, 0.15) is 23.0 Å². The molecule has 10 aliphatic rings. The van der Waals surface area contributed by atoms with E-state index in [0.29, 0.717) is 80.6 Å². The predicted molar refractivity (Wildman–Crippen MR) is 350 cm³/mol. The highest BCUT2D eigenvalue weighted by Crippen LogP contribution is 2.62. The number of benzene rings is 3. The standard InChI is InChI=1S/C72H78N12O16/c1-9-97-61(85)69-71(63(87)99-11-3)81-39-51-53(59(95-7)26-24-57(51)93-5)41-83(71)67(91)79(69)37-49-44(33-77(69)65(81)89)31-45-34-78-66(90)82-40-52-54(60(96-8)27-25-58(52)94-6)42-84-68(92)80(70(78,62(86)98-10-2)72(82,84)64(88)100-12-4)38-50(45)48(49)23-21-43-20-22-47(74-32-43)36-76-30-16-19-56(76)55-18-15-29-75(55)35-46-17-13-14-28-73-46/h13-14,17,20,22,24-28,31-32,55-56H,9-12,15-16,18-19,29-30,33-42H2,1-8H3/t55-,56-,69-,70+,71+,72-/m0/s1. The van der Waals surface area contributed by atoms with Crippen molar-refractivity contribution in [2.75, 3.05) is 68.0 Å². The van der Waals surface area contributed by atoms with Gasteiger partial charge in [-0.3, -0.25) is 59.0 Å². The van der Waals surface area contributed by atoms with Crippen molar-refractivity contribution in [1.82, 2.24) is 59.0 Å². The molecule has 12 heterocycles. The van der Waals surface area contributed by atoms with Crippen molar-refractivity contribution >= 4 is 48.0 Å². The zero-order valence-corrected chi connectivity index (χ0v) is 57.1. The van der Waals surface area contributed by atoms with Gasteiger partial charge < -0.3 is 37.9 Å². The number of methoxy groups -OCH3 is 4. The summed E-state index contributed by atoms with van der Waals surface area (Å²) in [5.74, 6) is 3.62. The zero-order valence-electron chi connectivity index (χ0n) is 57.1. The number of hydrogen-bond donors (Lipinski definition) is 0. The van der Waals surface area contributed by atoms with Gasteiger partial charge >= 0.3 is 48.0 Å². The fourth-order valence-corrected chi connectivity index (χ4v) is 17.9. The first kappa shape index (κ1) is 65.5. The lowest BCUT2D eigenvalue weighted by Gasteiger charge is -2.44. The summed E-state index contributed by atoms with van der Waals surface area (Å²) < 4.78 is 47.6. The molecule has 0 N–H and O–H groups in total. The molecule has 0 radical (unpaired) electrons. The molecule has 6 atom stereocenters. The van der Waals surface area contributed by atoms with Crippen LogP contribution in [0.25, 0.3) is 0 Å². The average molecular weight is 1370 g/mol. The average Bonchev–Trinajstić information content (AvgIpc) is 1.48. The van der Waals surface area contributed by atoms with Crippen LogP contribution >= 0.6 is 0 Å². The molecule has 0 unspecified atom stereocenters. The maximum Gasteiger partial charge on any atom is 0.358 e. The van der Waals surface area contributed by atoms with Gasteiger partial charge in [0.15, 0.2) is 0 Å². The second-order valence-corrected chi connectivity index (χ2v) is 26.2. The Hall–Kier alpha value is -10.4. The van der Waals surface area contributed by atoms with E-state index in [0.717, 1.165) is 56.7 Å². The quantitative estimate of drug-likeness (QED) is 0.0588. The molecule has 0 saturated carbocycles. The number of fused-ring (bicyclic) bond motifs is 4. The first-order chi connectivity index (χ1) is 48.5. The largest absolute Gasteiger partial charge is 0.496 e. The summed E-state index contributed by atoms with van der Waals surface area (Å²) in [4.78, 5) is 153. The summed E-state index contributed by atoms with van der Waals surface area (Å²) in [6.07, 6.45) is 7.81. The Balaban J connectivity index is 0.915. The van der Waals surface area contributed by atoms with Gasteiger partial charge in [-0.15, -0.1) is 0 Å². The van der Waals surface area contributed by atoms with Gasteiger partial charge in [-0.25, -0.2) is 38.4 Å². The number of likely N-dealkylation sites (tertiary alicyclic amines) is 2. The molecule has 2 aromatic heterocycles. The summed E-state index contributed by atoms with van der Waals surface area (Å²) in [6.45, 7) is 4.96. The van der Waals surface area contributed by atoms with Crippen LogP contribution in [0.2, 0.25) is 0 Å². The third kappa shape index (κ3) is 8.84. The molecule has 10 aliphatic heterocycles. The highest BCUT2D eigenvalue weighted by Gasteiger charge is 2.89. The van der Waals surface area contributed by atoms with E-state index in [-0.39, 0.29) is 56.2 Å². The molecular weight excluding hydrogens is 1290 g/mol. The summed E-state index contributed by atoms with van der Waals surface area (Å²) in [6, 6.07) is 15.3. The SMILES string of the molecule is CCOC(=O)[C@@]12N3Cc4c(OC)ccc(OC)c4CN1C(=O)N1Cc4c(cc5c(c4C#Cc4ccc(CN6CCC[C@H]6[C@@H]6CCCN6Cc6ccccn6)nc4)CN4C(=O)N6Cc7c(OC)ccc(OC)c7CN7C(=O)N(C5)[C@@]4(C(=O)OCC)[C@@]76C(=O)OCC)CN(C3=O)[C@@]12C(=O)OCC. The van der Waals surface area contributed by atoms with Gasteiger partial charge in [0, 0.05) is 70.9 Å². The fourth-order valence-electron chi connectivity index (χ4n) is 17.9. The molecule has 5 aromatic rings. The van der Waals surface area contributed by atoms with Crippen LogP contribution in [-0.4, -0.2) is 210 Å². The minimum Gasteiger partial charge on any atom is -0.496 e. The van der Waals surface area contributed by atoms with Gasteiger partial charge in [0.25, 0.3) is 22.7 Å². The Morgan fingerprint density at radius 3 is 1.11 bits per heavy atom. The predicted octanol–water partition coefficient (Wildman–Crippen LogP) is 5.98. The van der Waals surface area contributed by atoms with Crippen molar-refractivity contribution in [2.24, 2.45) is 0 Å². The van der Waals surface area contributed by atoms with Crippen molar-refractivity contribution in [3.63, 3.8) is 0 Å². The first-order valence-corrected chi connectivity index (χ1v) is 34.1. The first-order valence-electron chi connectivity index (χ1n) is 34.1. The molecule has 15 rings (SSSR count). The molecule has 3 aromatic carbocycles. The van der Waals surface area contributed by atoms with Gasteiger partial charge in [0.05, 0.1) is 119 Å². The normalized spacial score (nSPS) is 25.2. The van der Waals surface area contributed by atoms with E-state index >= 15 is 38.4 Å². The number of rotatable bonds is 17. The summed E-state index contributed by atoms with van der Waals surface area (Å²) in [5, 5.41) is 0. The van der Waals surface area contributed by atoms with Crippen LogP contribution in [0, 0.1) is 11.8 Å². The number of ether oxygens (including phenoxy) is 8. The minimum atomic E-state index is -2.64. The minimum absolute atomic E-state index is 0.172. The molecular formula is C72H78N12O16. The van der Waals surface area contributed by atoms with Crippen LogP contribution in [-0.2, 0) is 104 Å². The lowest BCUT2D eigenvalue weighted by molar-refractivity contribution is -0.191. The fraction of sp³-hybridized carbons (Fsp3) is 0.472. The number of amides is 8. The number of aromatic nitrogens is 2. The summed E-state index contributed by atoms with van der Waals surface area (Å²) in [5.41, 5.74) is -5.24. The number of esters is 4. The number of nitrogens with zero attached hydrogens (tertiary/aromatic N) is 12. The van der Waals surface area contributed by atoms with E-state index in [1.165, 1.54) is 67.6 Å². The van der Waals surface area contributed by atoms with Crippen LogP contribution < -0.4 is 18.9 Å². The lowest BCUT2D eigenvalue weighted by atomic mass is 9.90. The summed E-state index contributed by atoms with van der Waals surface area (Å²) in [7, 11) is 5.80. The summed E-state index contributed by atoms with van der Waals surface area (Å²) >= 11 is 0. The van der Waals surface area contributed by atoms with Gasteiger partial charge in [-0.1, -0.05) is 24.0 Å². The van der Waals surface area contributed by atoms with Gasteiger partial charge in [-0.2, -0.15) is 0 Å². The molecule has 8 amide bonds. The van der Waals surface area contributed by atoms with E-state index in [4.69, 9.17) is 42.9 Å². The van der Waals surface area contributed by atoms with Crippen LogP contribution in [0.1, 0.15) is 120 Å². The lowest BCUT2D eigenvalue weighted by Crippen LogP contribution is -2.75. The molecule has 522 valence electrons. The van der Waals surface area contributed by atoms with Crippen LogP contribution in [0.15, 0.2) is 73.1 Å². The van der Waals surface area contributed by atoms with E-state index in [1.807, 2.05) is 30.5 Å². The van der Waals surface area contributed by atoms with Crippen molar-refractivity contribution < 1.29 is 76.3 Å². The monoisotopic (exact) mass is 1370 g/mol. The number of carbonyl (C=O) groups excluding carboxylic acids is 8. The van der Waals surface area contributed by atoms with Gasteiger partial charge in [0.2, 0.25) is 0 Å². The number of pyridine rings is 2. The Morgan fingerprint density at radius 1 is 0.440 bits per heavy atom. The van der Waals surface area contributed by atoms with E-state index in [1.54, 1.807) is 64.2 Å². The van der Waals surface area contributed by atoms with E-state index in [2.05, 4.69) is 32.7 Å². The third-order valence-corrected chi connectivity index (χ3v) is 21.9. The molecule has 0 spiro atoms. The van der Waals surface area contributed by atoms with E-state index in [9.17, 15) is 0 Å². The van der Waals surface area contributed by atoms with Crippen LogP contribution in [0.3, 0.4) is 0 Å². The second-order valence-electron chi connectivity index (χ2n) is 26.2. The molecule has 28 nitrogen and oxygen atoms in total. The Kier molecular flexibility index (Phi) is 16.2. The Bertz CT molecular complexity index is 4140. The highest BCUT2D eigenvalue weighted by atomic mass is 16.6. The van der Waals surface area contributed by atoms with Crippen molar-refractivity contribution in [2.45, 2.75) is 154 Å². The molecule has 6 saturated heterocycles. The van der Waals surface area contributed by atoms with Crippen molar-refractivity contribution in [3.8, 4) is 34.8 Å².